The Kier molecular flexibility index (Phi) is 2.60. The molecule has 0 bridgehead atoms. The molecule has 1 aromatic rings. The topological polar surface area (TPSA) is 52.5 Å². The molecule has 0 aliphatic rings. The van der Waals surface area contributed by atoms with Gasteiger partial charge in [-0.05, 0) is 39.8 Å². The molecule has 3 nitrogen and oxygen atoms in total. The zero-order valence-corrected chi connectivity index (χ0v) is 9.57. The van der Waals surface area contributed by atoms with E-state index in [9.17, 15) is 0 Å². The van der Waals surface area contributed by atoms with Crippen molar-refractivity contribution in [2.45, 2.75) is 38.6 Å². The van der Waals surface area contributed by atoms with Crippen molar-refractivity contribution in [2.75, 3.05) is 0 Å². The van der Waals surface area contributed by atoms with Gasteiger partial charge in [0.15, 0.2) is 0 Å². The van der Waals surface area contributed by atoms with Crippen LogP contribution in [0.4, 0.5) is 0 Å². The monoisotopic (exact) mass is 201 g/mol. The minimum atomic E-state index is -0.618. The Morgan fingerprint density at radius 2 is 1.73 bits per heavy atom. The molecule has 0 amide bonds. The number of nitrogens with zero attached hydrogens (tertiary/aromatic N) is 3. The third kappa shape index (κ3) is 1.87. The van der Waals surface area contributed by atoms with Crippen molar-refractivity contribution >= 4 is 0 Å². The lowest BCUT2D eigenvalue weighted by molar-refractivity contribution is 0.430. The van der Waals surface area contributed by atoms with Crippen LogP contribution in [0.5, 0.6) is 0 Å². The maximum atomic E-state index is 9.08. The molecule has 0 fully saturated rings. The summed E-state index contributed by atoms with van der Waals surface area (Å²) in [6.45, 7) is 7.38. The van der Waals surface area contributed by atoms with Crippen molar-refractivity contribution in [1.82, 2.24) is 4.57 Å². The van der Waals surface area contributed by atoms with Crippen LogP contribution in [0.1, 0.15) is 33.4 Å². The lowest BCUT2D eigenvalue weighted by Crippen LogP contribution is -2.30. The highest BCUT2D eigenvalue weighted by molar-refractivity contribution is 5.27. The molecule has 1 aromatic heterocycles. The standard InChI is InChI=1S/C12H15N3/c1-11(2,8-13)10-6-5-7-15(10)12(3,4)9-14/h5-7H,1-4H3. The molecule has 0 aliphatic heterocycles. The summed E-state index contributed by atoms with van der Waals surface area (Å²) in [6, 6.07) is 8.24. The highest BCUT2D eigenvalue weighted by Gasteiger charge is 2.29. The Labute approximate surface area is 90.6 Å². The van der Waals surface area contributed by atoms with E-state index in [0.29, 0.717) is 0 Å². The molecule has 0 saturated heterocycles. The Bertz CT molecular complexity index is 398. The summed E-state index contributed by atoms with van der Waals surface area (Å²) < 4.78 is 1.86. The molecule has 78 valence electrons. The van der Waals surface area contributed by atoms with Crippen LogP contribution in [0.15, 0.2) is 18.3 Å². The highest BCUT2D eigenvalue weighted by Crippen LogP contribution is 2.27. The van der Waals surface area contributed by atoms with Crippen LogP contribution in [-0.2, 0) is 11.0 Å². The van der Waals surface area contributed by atoms with Gasteiger partial charge < -0.3 is 4.57 Å². The van der Waals surface area contributed by atoms with Gasteiger partial charge in [0.1, 0.15) is 5.54 Å². The van der Waals surface area contributed by atoms with Crippen LogP contribution in [0.2, 0.25) is 0 Å². The molecule has 0 atom stereocenters. The van der Waals surface area contributed by atoms with Gasteiger partial charge in [-0.25, -0.2) is 0 Å². The third-order valence-electron chi connectivity index (χ3n) is 2.54. The van der Waals surface area contributed by atoms with E-state index in [0.717, 1.165) is 5.69 Å². The van der Waals surface area contributed by atoms with E-state index in [2.05, 4.69) is 12.1 Å². The fraction of sp³-hybridized carbons (Fsp3) is 0.500. The van der Waals surface area contributed by atoms with Crippen molar-refractivity contribution in [3.8, 4) is 12.1 Å². The maximum absolute atomic E-state index is 9.08. The van der Waals surface area contributed by atoms with E-state index in [1.165, 1.54) is 0 Å². The van der Waals surface area contributed by atoms with E-state index in [4.69, 9.17) is 10.5 Å². The summed E-state index contributed by atoms with van der Waals surface area (Å²) in [6.07, 6.45) is 1.84. The van der Waals surface area contributed by atoms with E-state index >= 15 is 0 Å². The Morgan fingerprint density at radius 3 is 2.20 bits per heavy atom. The minimum Gasteiger partial charge on any atom is -0.331 e. The largest absolute Gasteiger partial charge is 0.331 e. The number of nitriles is 2. The second-order valence-corrected chi connectivity index (χ2v) is 4.67. The van der Waals surface area contributed by atoms with E-state index < -0.39 is 11.0 Å². The molecular weight excluding hydrogens is 186 g/mol. The first-order chi connectivity index (χ1) is 6.85. The number of rotatable bonds is 2. The molecule has 1 heterocycles. The predicted molar refractivity (Wildman–Crippen MR) is 58.0 cm³/mol. The Hall–Kier alpha value is -1.74. The van der Waals surface area contributed by atoms with E-state index in [-0.39, 0.29) is 0 Å². The average Bonchev–Trinajstić information content (AvgIpc) is 2.67. The first kappa shape index (κ1) is 11.3. The van der Waals surface area contributed by atoms with Crippen molar-refractivity contribution in [2.24, 2.45) is 0 Å². The molecule has 0 radical (unpaired) electrons. The second-order valence-electron chi connectivity index (χ2n) is 4.67. The van der Waals surface area contributed by atoms with Gasteiger partial charge in [-0.1, -0.05) is 0 Å². The smallest absolute Gasteiger partial charge is 0.125 e. The maximum Gasteiger partial charge on any atom is 0.125 e. The SMILES string of the molecule is CC(C)(C#N)c1cccn1C(C)(C)C#N. The normalized spacial score (nSPS) is 11.9. The summed E-state index contributed by atoms with van der Waals surface area (Å²) >= 11 is 0. The van der Waals surface area contributed by atoms with Crippen molar-refractivity contribution in [1.29, 1.82) is 10.5 Å². The summed E-state index contributed by atoms with van der Waals surface area (Å²) in [5, 5.41) is 18.2. The molecule has 0 aromatic carbocycles. The molecule has 0 spiro atoms. The van der Waals surface area contributed by atoms with Gasteiger partial charge >= 0.3 is 0 Å². The molecule has 0 N–H and O–H groups in total. The van der Waals surface area contributed by atoms with Crippen LogP contribution < -0.4 is 0 Å². The molecule has 0 unspecified atom stereocenters. The molecular formula is C12H15N3. The number of aromatic nitrogens is 1. The van der Waals surface area contributed by atoms with Crippen LogP contribution in [0.25, 0.3) is 0 Å². The predicted octanol–water partition coefficient (Wildman–Crippen LogP) is 2.55. The summed E-state index contributed by atoms with van der Waals surface area (Å²) in [7, 11) is 0. The quantitative estimate of drug-likeness (QED) is 0.738. The first-order valence-corrected chi connectivity index (χ1v) is 4.86. The van der Waals surface area contributed by atoms with E-state index in [1.54, 1.807) is 0 Å². The van der Waals surface area contributed by atoms with Crippen LogP contribution in [0, 0.1) is 22.7 Å². The lowest BCUT2D eigenvalue weighted by atomic mass is 9.90. The van der Waals surface area contributed by atoms with Gasteiger partial charge in [0.2, 0.25) is 0 Å². The van der Waals surface area contributed by atoms with Gasteiger partial charge in [0, 0.05) is 11.9 Å². The minimum absolute atomic E-state index is 0.572. The number of hydrogen-bond acceptors (Lipinski definition) is 2. The Balaban J connectivity index is 3.34. The zero-order chi connectivity index (χ0) is 11.7. The van der Waals surface area contributed by atoms with Gasteiger partial charge in [0.05, 0.1) is 17.6 Å². The lowest BCUT2D eigenvalue weighted by Gasteiger charge is -2.26. The van der Waals surface area contributed by atoms with Crippen molar-refractivity contribution in [3.05, 3.63) is 24.0 Å². The first-order valence-electron chi connectivity index (χ1n) is 4.86. The summed E-state index contributed by atoms with van der Waals surface area (Å²) in [4.78, 5) is 0. The molecule has 15 heavy (non-hydrogen) atoms. The van der Waals surface area contributed by atoms with Gasteiger partial charge in [-0.3, -0.25) is 0 Å². The van der Waals surface area contributed by atoms with Gasteiger partial charge in [-0.2, -0.15) is 10.5 Å². The highest BCUT2D eigenvalue weighted by atomic mass is 15.1. The average molecular weight is 201 g/mol. The Morgan fingerprint density at radius 1 is 1.13 bits per heavy atom. The second kappa shape index (κ2) is 3.44. The van der Waals surface area contributed by atoms with Gasteiger partial charge in [0.25, 0.3) is 0 Å². The van der Waals surface area contributed by atoms with E-state index in [1.807, 2.05) is 50.6 Å². The molecule has 0 saturated carbocycles. The number of hydrogen-bond donors (Lipinski definition) is 0. The molecule has 1 rings (SSSR count). The van der Waals surface area contributed by atoms with Crippen LogP contribution >= 0.6 is 0 Å². The summed E-state index contributed by atoms with van der Waals surface area (Å²) in [5.74, 6) is 0. The van der Waals surface area contributed by atoms with Crippen molar-refractivity contribution in [3.63, 3.8) is 0 Å². The van der Waals surface area contributed by atoms with Crippen molar-refractivity contribution < 1.29 is 0 Å². The summed E-state index contributed by atoms with van der Waals surface area (Å²) in [5.41, 5.74) is -0.318. The zero-order valence-electron chi connectivity index (χ0n) is 9.57. The van der Waals surface area contributed by atoms with Gasteiger partial charge in [-0.15, -0.1) is 0 Å². The fourth-order valence-electron chi connectivity index (χ4n) is 1.49. The van der Waals surface area contributed by atoms with Crippen LogP contribution in [-0.4, -0.2) is 4.57 Å². The fourth-order valence-corrected chi connectivity index (χ4v) is 1.49. The molecule has 3 heteroatoms. The van der Waals surface area contributed by atoms with Crippen LogP contribution in [0.3, 0.4) is 0 Å². The third-order valence-corrected chi connectivity index (χ3v) is 2.54. The molecule has 0 aliphatic carbocycles.